The minimum absolute atomic E-state index is 0.282. The van der Waals surface area contributed by atoms with Gasteiger partial charge in [0.2, 0.25) is 0 Å². The average molecular weight is 218 g/mol. The lowest BCUT2D eigenvalue weighted by Gasteiger charge is -2.30. The zero-order chi connectivity index (χ0) is 11.7. The minimum Gasteiger partial charge on any atom is -0.326 e. The van der Waals surface area contributed by atoms with Gasteiger partial charge in [-0.05, 0) is 32.8 Å². The summed E-state index contributed by atoms with van der Waals surface area (Å²) in [6.07, 6.45) is 1.11. The lowest BCUT2D eigenvalue weighted by molar-refractivity contribution is 0.198. The monoisotopic (exact) mass is 218 g/mol. The standard InChI is InChI=1S/C14H22N2/c1-10(2)16-8-7-13(15)14(16)12-6-4-5-11(3)9-12/h4-6,9-10,13-14H,7-8,15H2,1-3H3. The maximum Gasteiger partial charge on any atom is 0.0502 e. The van der Waals surface area contributed by atoms with Crippen molar-refractivity contribution < 1.29 is 0 Å². The van der Waals surface area contributed by atoms with Crippen molar-refractivity contribution in [1.29, 1.82) is 0 Å². The Morgan fingerprint density at radius 3 is 2.75 bits per heavy atom. The summed E-state index contributed by atoms with van der Waals surface area (Å²) < 4.78 is 0. The lowest BCUT2D eigenvalue weighted by atomic mass is 9.98. The van der Waals surface area contributed by atoms with Gasteiger partial charge in [0.1, 0.15) is 0 Å². The van der Waals surface area contributed by atoms with E-state index in [0.29, 0.717) is 12.1 Å². The molecule has 0 amide bonds. The molecule has 0 bridgehead atoms. The van der Waals surface area contributed by atoms with E-state index < -0.39 is 0 Å². The van der Waals surface area contributed by atoms with E-state index in [9.17, 15) is 0 Å². The Morgan fingerprint density at radius 1 is 1.38 bits per heavy atom. The van der Waals surface area contributed by atoms with Crippen LogP contribution in [0.5, 0.6) is 0 Å². The van der Waals surface area contributed by atoms with E-state index in [1.165, 1.54) is 11.1 Å². The summed E-state index contributed by atoms with van der Waals surface area (Å²) in [5.41, 5.74) is 8.94. The molecule has 88 valence electrons. The van der Waals surface area contributed by atoms with Gasteiger partial charge in [-0.15, -0.1) is 0 Å². The number of nitrogens with zero attached hydrogens (tertiary/aromatic N) is 1. The molecule has 1 heterocycles. The average Bonchev–Trinajstić information content (AvgIpc) is 2.60. The van der Waals surface area contributed by atoms with E-state index in [1.807, 2.05) is 0 Å². The Hall–Kier alpha value is -0.860. The topological polar surface area (TPSA) is 29.3 Å². The van der Waals surface area contributed by atoms with E-state index in [4.69, 9.17) is 5.73 Å². The van der Waals surface area contributed by atoms with Gasteiger partial charge in [0.25, 0.3) is 0 Å². The van der Waals surface area contributed by atoms with Gasteiger partial charge in [-0.25, -0.2) is 0 Å². The van der Waals surface area contributed by atoms with Crippen molar-refractivity contribution >= 4 is 0 Å². The smallest absolute Gasteiger partial charge is 0.0502 e. The molecule has 0 radical (unpaired) electrons. The van der Waals surface area contributed by atoms with Crippen molar-refractivity contribution in [3.63, 3.8) is 0 Å². The van der Waals surface area contributed by atoms with Gasteiger partial charge in [-0.1, -0.05) is 29.8 Å². The Labute approximate surface area is 98.4 Å². The number of hydrogen-bond donors (Lipinski definition) is 1. The number of benzene rings is 1. The van der Waals surface area contributed by atoms with Gasteiger partial charge in [-0.3, -0.25) is 4.90 Å². The summed E-state index contributed by atoms with van der Waals surface area (Å²) in [5.74, 6) is 0. The molecule has 2 unspecified atom stereocenters. The van der Waals surface area contributed by atoms with Gasteiger partial charge >= 0.3 is 0 Å². The number of hydrogen-bond acceptors (Lipinski definition) is 2. The van der Waals surface area contributed by atoms with Crippen molar-refractivity contribution in [2.24, 2.45) is 5.73 Å². The maximum absolute atomic E-state index is 6.25. The lowest BCUT2D eigenvalue weighted by Crippen LogP contribution is -2.35. The van der Waals surface area contributed by atoms with Crippen LogP contribution in [-0.2, 0) is 0 Å². The highest BCUT2D eigenvalue weighted by Crippen LogP contribution is 2.32. The highest BCUT2D eigenvalue weighted by molar-refractivity contribution is 5.27. The van der Waals surface area contributed by atoms with Crippen molar-refractivity contribution in [3.05, 3.63) is 35.4 Å². The molecule has 1 aliphatic heterocycles. The summed E-state index contributed by atoms with van der Waals surface area (Å²) in [5, 5.41) is 0. The molecule has 2 N–H and O–H groups in total. The van der Waals surface area contributed by atoms with E-state index in [0.717, 1.165) is 13.0 Å². The third kappa shape index (κ3) is 2.13. The highest BCUT2D eigenvalue weighted by Gasteiger charge is 2.34. The molecule has 0 saturated carbocycles. The number of likely N-dealkylation sites (tertiary alicyclic amines) is 1. The van der Waals surface area contributed by atoms with Crippen LogP contribution >= 0.6 is 0 Å². The van der Waals surface area contributed by atoms with Gasteiger partial charge in [0, 0.05) is 18.6 Å². The van der Waals surface area contributed by atoms with Crippen LogP contribution in [0.1, 0.15) is 37.4 Å². The molecule has 0 aromatic heterocycles. The van der Waals surface area contributed by atoms with Gasteiger partial charge < -0.3 is 5.73 Å². The fraction of sp³-hybridized carbons (Fsp3) is 0.571. The summed E-state index contributed by atoms with van der Waals surface area (Å²) in [6.45, 7) is 7.77. The van der Waals surface area contributed by atoms with E-state index >= 15 is 0 Å². The Kier molecular flexibility index (Phi) is 3.31. The maximum atomic E-state index is 6.25. The number of aryl methyl sites for hydroxylation is 1. The van der Waals surface area contributed by atoms with Crippen LogP contribution in [0.3, 0.4) is 0 Å². The molecule has 2 nitrogen and oxygen atoms in total. The molecule has 0 aliphatic carbocycles. The molecule has 2 atom stereocenters. The van der Waals surface area contributed by atoms with Crippen molar-refractivity contribution in [1.82, 2.24) is 4.90 Å². The predicted molar refractivity (Wildman–Crippen MR) is 68.4 cm³/mol. The van der Waals surface area contributed by atoms with Crippen LogP contribution in [0.25, 0.3) is 0 Å². The second-order valence-corrected chi connectivity index (χ2v) is 5.14. The van der Waals surface area contributed by atoms with Crippen LogP contribution in [0.4, 0.5) is 0 Å². The largest absolute Gasteiger partial charge is 0.326 e. The van der Waals surface area contributed by atoms with Gasteiger partial charge in [-0.2, -0.15) is 0 Å². The van der Waals surface area contributed by atoms with Crippen molar-refractivity contribution in [2.75, 3.05) is 6.54 Å². The molecular formula is C14H22N2. The molecule has 1 saturated heterocycles. The van der Waals surface area contributed by atoms with Crippen molar-refractivity contribution in [2.45, 2.75) is 45.3 Å². The van der Waals surface area contributed by atoms with E-state index in [-0.39, 0.29) is 6.04 Å². The molecular weight excluding hydrogens is 196 g/mol. The first-order valence-electron chi connectivity index (χ1n) is 6.17. The third-order valence-electron chi connectivity index (χ3n) is 3.53. The van der Waals surface area contributed by atoms with E-state index in [1.54, 1.807) is 0 Å². The zero-order valence-corrected chi connectivity index (χ0v) is 10.5. The Bertz CT molecular complexity index is 360. The molecule has 2 heteroatoms. The van der Waals surface area contributed by atoms with Crippen LogP contribution in [-0.4, -0.2) is 23.5 Å². The molecule has 1 aromatic carbocycles. The molecule has 16 heavy (non-hydrogen) atoms. The SMILES string of the molecule is Cc1cccc(C2C(N)CCN2C(C)C)c1. The van der Waals surface area contributed by atoms with Crippen LogP contribution in [0, 0.1) is 6.92 Å². The Balaban J connectivity index is 2.30. The Morgan fingerprint density at radius 2 is 2.12 bits per heavy atom. The molecule has 1 aromatic rings. The van der Waals surface area contributed by atoms with Gasteiger partial charge in [0.05, 0.1) is 6.04 Å². The normalized spacial score (nSPS) is 26.6. The quantitative estimate of drug-likeness (QED) is 0.826. The second-order valence-electron chi connectivity index (χ2n) is 5.14. The number of nitrogens with two attached hydrogens (primary N) is 1. The summed E-state index contributed by atoms with van der Waals surface area (Å²) >= 11 is 0. The van der Waals surface area contributed by atoms with E-state index in [2.05, 4.69) is 49.9 Å². The summed E-state index contributed by atoms with van der Waals surface area (Å²) in [6, 6.07) is 10.0. The summed E-state index contributed by atoms with van der Waals surface area (Å²) in [7, 11) is 0. The fourth-order valence-electron chi connectivity index (χ4n) is 2.71. The van der Waals surface area contributed by atoms with Gasteiger partial charge in [0.15, 0.2) is 0 Å². The molecule has 1 fully saturated rings. The molecule has 2 rings (SSSR count). The minimum atomic E-state index is 0.282. The number of rotatable bonds is 2. The van der Waals surface area contributed by atoms with Crippen LogP contribution in [0.15, 0.2) is 24.3 Å². The zero-order valence-electron chi connectivity index (χ0n) is 10.5. The third-order valence-corrected chi connectivity index (χ3v) is 3.53. The second kappa shape index (κ2) is 4.56. The van der Waals surface area contributed by atoms with Crippen LogP contribution < -0.4 is 5.73 Å². The highest BCUT2D eigenvalue weighted by atomic mass is 15.2. The summed E-state index contributed by atoms with van der Waals surface area (Å²) in [4.78, 5) is 2.51. The van der Waals surface area contributed by atoms with Crippen LogP contribution in [0.2, 0.25) is 0 Å². The fourth-order valence-corrected chi connectivity index (χ4v) is 2.71. The first-order chi connectivity index (χ1) is 7.59. The van der Waals surface area contributed by atoms with Crippen molar-refractivity contribution in [3.8, 4) is 0 Å². The molecule has 1 aliphatic rings. The molecule has 0 spiro atoms. The first-order valence-corrected chi connectivity index (χ1v) is 6.17. The predicted octanol–water partition coefficient (Wildman–Crippen LogP) is 2.48. The first kappa shape index (κ1) is 11.6.